The van der Waals surface area contributed by atoms with Gasteiger partial charge in [-0.1, -0.05) is 67.8 Å². The summed E-state index contributed by atoms with van der Waals surface area (Å²) in [5.74, 6) is -4.53. The number of carbonyl (C=O) groups is 7. The van der Waals surface area contributed by atoms with Crippen molar-refractivity contribution in [1.82, 2.24) is 0 Å². The van der Waals surface area contributed by atoms with Crippen molar-refractivity contribution in [2.75, 3.05) is 40.1 Å². The van der Waals surface area contributed by atoms with Gasteiger partial charge in [-0.25, -0.2) is 12.0 Å². The molecule has 3 atom stereocenters. The van der Waals surface area contributed by atoms with Gasteiger partial charge in [0.15, 0.2) is 5.91 Å². The Balaban J connectivity index is -0.0000000200. The van der Waals surface area contributed by atoms with E-state index in [-0.39, 0.29) is 410 Å². The fourth-order valence-corrected chi connectivity index (χ4v) is 4.97. The molecule has 0 saturated carbocycles. The molecular weight excluding hydrogens is 3480 g/mol. The number of benzene rings is 5. The van der Waals surface area contributed by atoms with E-state index in [0.717, 1.165) is 30.7 Å². The van der Waals surface area contributed by atoms with Gasteiger partial charge in [0.1, 0.15) is -0.0619 Å². The Hall–Kier alpha value is 9.29. The summed E-state index contributed by atoms with van der Waals surface area (Å²) in [6, 6.07) is 53.2. The Morgan fingerprint density at radius 2 is 0.790 bits per heavy atom. The Morgan fingerprint density at radius 1 is 0.530 bits per heavy atom. The van der Waals surface area contributed by atoms with Crippen LogP contribution in [0.1, 0.15) is 76.6 Å². The number of nitrogens with zero attached hydrogens (tertiary/aromatic N) is 2. The van der Waals surface area contributed by atoms with Crippen molar-refractivity contribution in [2.45, 2.75) is 52.7 Å². The fourth-order valence-electron chi connectivity index (χ4n) is 4.20. The van der Waals surface area contributed by atoms with Crippen molar-refractivity contribution in [3.8, 4) is 0 Å². The molecule has 24 radical (unpaired) electrons. The SMILES string of the molecule is CCOC(=O)C(=O)Cl.CCOC(=O)C([N-]C)c1[c-]cccc1.CCOC(=O)C([NH-])=O.CCOC(=O)C([NH-])c1[c-]cccc1.CCOC(=O)C([N]=[W])c1[c-]cccc1.IC(I)I.I[CH-]I.[2HH].[2HH].[2HH].[2HH].[2HH].[B].[B].[B].[B].[B].[CH2-]I.[CH2-]I.[CH3-].[NH2-].[V].[V].[V].[V].[W].[W].[W].[W].[Y].[Y].[Y].[Y].[Y].[c-]1ccccc1.[c-]1ccccc1. The zero-order valence-electron chi connectivity index (χ0n) is 55.0. The summed E-state index contributed by atoms with van der Waals surface area (Å²) in [5, 5.41) is 2.89. The summed E-state index contributed by atoms with van der Waals surface area (Å²) in [5.41, 5.74) is 15.7. The van der Waals surface area contributed by atoms with Gasteiger partial charge < -0.3 is 144 Å². The van der Waals surface area contributed by atoms with E-state index in [2.05, 4.69) is 171 Å². The number of amides is 1. The minimum absolute atomic E-state index is 0. The number of hydrogen-bond donors (Lipinski definition) is 0. The summed E-state index contributed by atoms with van der Waals surface area (Å²) < 4.78 is 29.6. The average molecular weight is 3560 g/mol. The van der Waals surface area contributed by atoms with Crippen LogP contribution in [0.4, 0.5) is 0 Å². The zero-order valence-corrected chi connectivity index (χ0v) is 105. The maximum Gasteiger partial charge on any atom is 0.114 e. The maximum absolute atomic E-state index is 11.5. The number of hydrogen-bond acceptors (Lipinski definition) is 13. The standard InChI is InChI=1S/C11H13NO2.C10H11NO2.C10H10NO2.2C6H5.C4H5ClO3.C4H7NO3.CHI3.CHI2.2CH2I.CH3.5B.H2N.4V.5W.5Y.5H2/c1-3-14-11(13)10(12-2)9-7-5-4-6-8-9;2*1-2-13-10(12)9(11)8-6-4-3-5-7-8;2*1-2-4-6-5-3-1;2*1-2-8-4(7)3(5)6;2-1(3)4;2-1-3;2*1-2;;;;;;;;;;;;;;;;;;;;;;;;;;/h4-7,10H,3H2,1-2H3;3-6,9,11H,2H2,1H3;3-6,9H,2H2,1H3;2*1-5H;2H2,1H3;2H2,1H3,(H2,5,6);1H;1H;2*1H2;1H3;;;;;;1H2;;;;;;;;;;;;;;;5*1H/q2*-2;3*-1;;;;4*-1;;;;;;-1;;;;;;;;;;;;;;;;;;;/p-1/i;;;;;;;;;;;;;;;;;;;;;;;;;;;;;;;;5*1+1. The van der Waals surface area contributed by atoms with Gasteiger partial charge in [-0.3, -0.25) is 24.2 Å². The Morgan fingerprint density at radius 3 is 0.990 bits per heavy atom. The number of likely N-dealkylation sites (N-methyl/N-ethyl adjacent to an activating group) is 1. The summed E-state index contributed by atoms with van der Waals surface area (Å²) in [6.07, 6.45) is 0. The second-order valence-electron chi connectivity index (χ2n) is 12.3. The first-order chi connectivity index (χ1) is 38.3. The van der Waals surface area contributed by atoms with Crippen LogP contribution in [0.2, 0.25) is 0 Å². The third-order valence-electron chi connectivity index (χ3n) is 7.12. The van der Waals surface area contributed by atoms with E-state index in [4.69, 9.17) is 37.3 Å². The largest absolute Gasteiger partial charge is 0.693 e. The molecule has 0 heterocycles. The number of nitrogens with one attached hydrogen (secondary N) is 2. The van der Waals surface area contributed by atoms with Crippen molar-refractivity contribution in [1.29, 1.82) is 0 Å². The second-order valence-corrected chi connectivity index (χ2v) is 28.0. The van der Waals surface area contributed by atoms with Gasteiger partial charge in [0.25, 0.3) is 11.9 Å². The third kappa shape index (κ3) is 131. The van der Waals surface area contributed by atoms with Crippen LogP contribution in [0, 0.1) is 50.1 Å². The predicted octanol–water partition coefficient (Wildman–Crippen LogP) is 16.9. The molecule has 0 spiro atoms. The van der Waals surface area contributed by atoms with E-state index in [9.17, 15) is 33.6 Å². The molecule has 44 heteroatoms. The molecule has 3 unspecified atom stereocenters. The first-order valence-corrected chi connectivity index (χ1v) is 33.4. The summed E-state index contributed by atoms with van der Waals surface area (Å²) >= 11 is 20.8. The third-order valence-corrected chi connectivity index (χ3v) is 8.03. The van der Waals surface area contributed by atoms with Crippen molar-refractivity contribution >= 4 is 253 Å². The van der Waals surface area contributed by atoms with Crippen molar-refractivity contribution in [3.05, 3.63) is 223 Å². The minimum atomic E-state index is -1.30. The molecule has 100 heavy (non-hydrogen) atoms. The van der Waals surface area contributed by atoms with Crippen LogP contribution in [0.5, 0.6) is 0 Å². The Bertz CT molecular complexity index is 2250. The molecular formula is C56H76B5ClI7N5O12V4W5Y5-13. The number of halogens is 8. The summed E-state index contributed by atoms with van der Waals surface area (Å²) in [4.78, 5) is 80.0. The van der Waals surface area contributed by atoms with Gasteiger partial charge in [0, 0.05) is 371 Å². The van der Waals surface area contributed by atoms with Crippen LogP contribution < -0.4 is 0 Å². The molecule has 0 aliphatic heterocycles. The number of nitrogens with two attached hydrogens (primary N) is 1. The first kappa shape index (κ1) is 185. The van der Waals surface area contributed by atoms with Crippen LogP contribution in [0.3, 0.4) is 0 Å². The van der Waals surface area contributed by atoms with Gasteiger partial charge in [-0.05, 0) is 51.4 Å². The normalized spacial score (nSPS) is 7.86. The molecule has 0 bridgehead atoms. The van der Waals surface area contributed by atoms with E-state index < -0.39 is 47.2 Å². The topological polar surface area (TPSA) is 273 Å². The molecule has 0 saturated heterocycles. The summed E-state index contributed by atoms with van der Waals surface area (Å²) in [7, 11) is 1.60. The molecule has 5 rings (SSSR count). The molecule has 5 aromatic carbocycles. The number of esters is 5. The summed E-state index contributed by atoms with van der Waals surface area (Å²) in [6.45, 7) is 9.83. The average Bonchev–Trinajstić information content (AvgIpc) is 3.47. The second kappa shape index (κ2) is 150. The molecule has 0 aliphatic carbocycles. The first-order valence-electron chi connectivity index (χ1n) is 22.5. The van der Waals surface area contributed by atoms with E-state index in [0.29, 0.717) is 25.4 Å². The maximum atomic E-state index is 11.5. The molecule has 0 aromatic heterocycles. The quantitative estimate of drug-likeness (QED) is 0.0147. The van der Waals surface area contributed by atoms with Crippen LogP contribution in [0.25, 0.3) is 22.9 Å². The van der Waals surface area contributed by atoms with Crippen molar-refractivity contribution in [2.24, 2.45) is 3.50 Å². The van der Waals surface area contributed by atoms with Crippen molar-refractivity contribution in [3.63, 3.8) is 0 Å². The monoisotopic (exact) mass is 3560 g/mol. The van der Waals surface area contributed by atoms with Gasteiger partial charge >= 0.3 is 111 Å². The zero-order chi connectivity index (χ0) is 62.4. The van der Waals surface area contributed by atoms with Crippen molar-refractivity contribution < 1.29 is 406 Å². The van der Waals surface area contributed by atoms with E-state index >= 15 is 0 Å². The van der Waals surface area contributed by atoms with Gasteiger partial charge in [-0.15, -0.1) is 0 Å². The molecule has 0 fully saturated rings. The van der Waals surface area contributed by atoms with E-state index in [1.54, 1.807) is 78.1 Å². The fraction of sp³-hybridized carbons (Fsp3) is 0.268. The molecule has 0 aliphatic rings. The van der Waals surface area contributed by atoms with E-state index in [1.165, 1.54) is 0 Å². The number of carbonyl (C=O) groups excluding carboxylic acids is 7. The van der Waals surface area contributed by atoms with Gasteiger partial charge in [0.2, 0.25) is 0 Å². The van der Waals surface area contributed by atoms with Gasteiger partial charge in [-0.2, -0.15) is 152 Å². The molecule has 546 valence electrons. The van der Waals surface area contributed by atoms with Crippen LogP contribution in [-0.2, 0) is 399 Å². The minimum Gasteiger partial charge on any atom is -0.693 e. The van der Waals surface area contributed by atoms with Crippen LogP contribution >= 0.6 is 170 Å². The number of alkyl halides is 3. The van der Waals surface area contributed by atoms with E-state index in [1.807, 2.05) is 145 Å². The number of ether oxygens (including phenoxy) is 5. The van der Waals surface area contributed by atoms with Gasteiger partial charge in [0.05, 0.1) is 26.4 Å². The molecule has 4 N–H and O–H groups in total. The smallest absolute Gasteiger partial charge is 0.114 e. The molecule has 5 aromatic rings. The Kier molecular flexibility index (Phi) is 276. The van der Waals surface area contributed by atoms with Crippen LogP contribution in [-0.4, -0.2) is 123 Å². The predicted molar refractivity (Wildman–Crippen MR) is 422 cm³/mol. The molecule has 1 amide bonds. The molecule has 17 nitrogen and oxygen atoms in total. The Labute approximate surface area is 958 Å². The number of rotatable bonds is 14. The van der Waals surface area contributed by atoms with Crippen LogP contribution in [0.15, 0.2) is 137 Å².